The van der Waals surface area contributed by atoms with Gasteiger partial charge >= 0.3 is 0 Å². The Hall–Kier alpha value is -2.62. The van der Waals surface area contributed by atoms with Gasteiger partial charge in [-0.2, -0.15) is 0 Å². The molecule has 1 fully saturated rings. The molecule has 1 aliphatic rings. The summed E-state index contributed by atoms with van der Waals surface area (Å²) >= 11 is 0. The lowest BCUT2D eigenvalue weighted by molar-refractivity contribution is -0.131. The zero-order chi connectivity index (χ0) is 17.6. The summed E-state index contributed by atoms with van der Waals surface area (Å²) in [5, 5.41) is 0. The van der Waals surface area contributed by atoms with Gasteiger partial charge < -0.3 is 9.64 Å². The van der Waals surface area contributed by atoms with Gasteiger partial charge in [0.15, 0.2) is 5.78 Å². The number of amides is 1. The monoisotopic (exact) mass is 337 g/mol. The predicted octanol–water partition coefficient (Wildman–Crippen LogP) is 3.50. The van der Waals surface area contributed by atoms with Crippen molar-refractivity contribution in [3.63, 3.8) is 0 Å². The molecule has 1 atom stereocenters. The van der Waals surface area contributed by atoms with Crippen molar-refractivity contribution in [1.82, 2.24) is 4.90 Å². The minimum absolute atomic E-state index is 0.00538. The molecule has 0 radical (unpaired) electrons. The molecule has 0 N–H and O–H groups in total. The summed E-state index contributed by atoms with van der Waals surface area (Å²) in [4.78, 5) is 27.1. The fourth-order valence-electron chi connectivity index (χ4n) is 3.36. The zero-order valence-electron chi connectivity index (χ0n) is 14.5. The highest BCUT2D eigenvalue weighted by Crippen LogP contribution is 2.23. The van der Waals surface area contributed by atoms with Crippen LogP contribution in [0.5, 0.6) is 5.75 Å². The molecule has 1 saturated heterocycles. The first kappa shape index (κ1) is 17.2. The van der Waals surface area contributed by atoms with Crippen LogP contribution < -0.4 is 4.74 Å². The van der Waals surface area contributed by atoms with E-state index in [-0.39, 0.29) is 17.7 Å². The van der Waals surface area contributed by atoms with Crippen molar-refractivity contribution in [2.24, 2.45) is 0 Å². The number of methoxy groups -OCH3 is 1. The summed E-state index contributed by atoms with van der Waals surface area (Å²) in [6.07, 6.45) is 2.63. The number of likely N-dealkylation sites (tertiary alicyclic amines) is 1. The van der Waals surface area contributed by atoms with E-state index in [1.165, 1.54) is 0 Å². The van der Waals surface area contributed by atoms with Crippen LogP contribution in [-0.4, -0.2) is 36.3 Å². The van der Waals surface area contributed by atoms with Crippen molar-refractivity contribution in [2.45, 2.75) is 31.7 Å². The Balaban J connectivity index is 1.62. The number of carbonyl (C=O) groups is 2. The maximum atomic E-state index is 12.6. The van der Waals surface area contributed by atoms with Gasteiger partial charge in [-0.3, -0.25) is 9.59 Å². The Labute approximate surface area is 148 Å². The normalized spacial score (nSPS) is 16.7. The van der Waals surface area contributed by atoms with E-state index in [9.17, 15) is 9.59 Å². The number of rotatable bonds is 6. The van der Waals surface area contributed by atoms with E-state index in [1.54, 1.807) is 31.4 Å². The number of ether oxygens (including phenoxy) is 1. The van der Waals surface area contributed by atoms with Crippen LogP contribution in [0.2, 0.25) is 0 Å². The number of hydrogen-bond acceptors (Lipinski definition) is 3. The Morgan fingerprint density at radius 1 is 1.08 bits per heavy atom. The third-order valence-corrected chi connectivity index (χ3v) is 4.73. The average Bonchev–Trinajstić information content (AvgIpc) is 3.11. The minimum Gasteiger partial charge on any atom is -0.497 e. The van der Waals surface area contributed by atoms with Crippen molar-refractivity contribution < 1.29 is 14.3 Å². The molecular formula is C21H23NO3. The van der Waals surface area contributed by atoms with Crippen LogP contribution in [0, 0.1) is 0 Å². The molecule has 1 aliphatic heterocycles. The van der Waals surface area contributed by atoms with Crippen LogP contribution in [0.25, 0.3) is 0 Å². The van der Waals surface area contributed by atoms with E-state index < -0.39 is 0 Å². The Kier molecular flexibility index (Phi) is 5.49. The number of ketones is 1. The lowest BCUT2D eigenvalue weighted by atomic mass is 10.0. The summed E-state index contributed by atoms with van der Waals surface area (Å²) in [5.74, 6) is 0.917. The quantitative estimate of drug-likeness (QED) is 0.758. The van der Waals surface area contributed by atoms with Gasteiger partial charge in [0.05, 0.1) is 13.5 Å². The van der Waals surface area contributed by atoms with Gasteiger partial charge in [-0.15, -0.1) is 0 Å². The van der Waals surface area contributed by atoms with Gasteiger partial charge in [0.1, 0.15) is 5.75 Å². The van der Waals surface area contributed by atoms with E-state index >= 15 is 0 Å². The van der Waals surface area contributed by atoms with Crippen molar-refractivity contribution in [3.05, 3.63) is 65.7 Å². The number of carbonyl (C=O) groups excluding carboxylic acids is 2. The van der Waals surface area contributed by atoms with E-state index in [4.69, 9.17) is 4.74 Å². The molecule has 25 heavy (non-hydrogen) atoms. The highest BCUT2D eigenvalue weighted by Gasteiger charge is 2.30. The molecule has 2 aromatic rings. The lowest BCUT2D eigenvalue weighted by Crippen LogP contribution is -2.37. The molecule has 2 aromatic carbocycles. The van der Waals surface area contributed by atoms with Crippen LogP contribution in [0.4, 0.5) is 0 Å². The van der Waals surface area contributed by atoms with Gasteiger partial charge in [-0.05, 0) is 42.7 Å². The molecule has 3 rings (SSSR count). The summed E-state index contributed by atoms with van der Waals surface area (Å²) in [7, 11) is 1.60. The van der Waals surface area contributed by atoms with Crippen LogP contribution in [0.15, 0.2) is 54.6 Å². The maximum Gasteiger partial charge on any atom is 0.227 e. The molecule has 0 aliphatic carbocycles. The minimum atomic E-state index is 0.00538. The molecular weight excluding hydrogens is 314 g/mol. The Morgan fingerprint density at radius 2 is 1.80 bits per heavy atom. The van der Waals surface area contributed by atoms with Crippen molar-refractivity contribution in [2.75, 3.05) is 13.7 Å². The summed E-state index contributed by atoms with van der Waals surface area (Å²) in [5.41, 5.74) is 1.68. The fourth-order valence-corrected chi connectivity index (χ4v) is 3.36. The average molecular weight is 337 g/mol. The summed E-state index contributed by atoms with van der Waals surface area (Å²) in [6.45, 7) is 0.742. The largest absolute Gasteiger partial charge is 0.497 e. The highest BCUT2D eigenvalue weighted by molar-refractivity contribution is 5.97. The van der Waals surface area contributed by atoms with Gasteiger partial charge in [0.2, 0.25) is 5.91 Å². The summed E-state index contributed by atoms with van der Waals surface area (Å²) in [6, 6.07) is 16.9. The standard InChI is InChI=1S/C21H23NO3/c1-25-19-11-9-17(10-12-19)20(23)15-18-8-5-13-22(18)21(24)14-16-6-3-2-4-7-16/h2-4,6-7,9-12,18H,5,8,13-15H2,1H3/t18-/m1/s1. The van der Waals surface area contributed by atoms with Crippen LogP contribution in [-0.2, 0) is 11.2 Å². The van der Waals surface area contributed by atoms with Crippen LogP contribution in [0.1, 0.15) is 35.2 Å². The first-order chi connectivity index (χ1) is 12.2. The second kappa shape index (κ2) is 7.97. The van der Waals surface area contributed by atoms with Gasteiger partial charge in [-0.25, -0.2) is 0 Å². The van der Waals surface area contributed by atoms with E-state index in [0.717, 1.165) is 30.7 Å². The second-order valence-electron chi connectivity index (χ2n) is 6.40. The second-order valence-corrected chi connectivity index (χ2v) is 6.40. The highest BCUT2D eigenvalue weighted by atomic mass is 16.5. The third kappa shape index (κ3) is 4.27. The topological polar surface area (TPSA) is 46.6 Å². The molecule has 0 unspecified atom stereocenters. The lowest BCUT2D eigenvalue weighted by Gasteiger charge is -2.24. The SMILES string of the molecule is COc1ccc(C(=O)C[C@H]2CCCN2C(=O)Cc2ccccc2)cc1. The zero-order valence-corrected chi connectivity index (χ0v) is 14.5. The molecule has 1 amide bonds. The first-order valence-electron chi connectivity index (χ1n) is 8.68. The van der Waals surface area contributed by atoms with Crippen molar-refractivity contribution in [3.8, 4) is 5.75 Å². The molecule has 0 aromatic heterocycles. The van der Waals surface area contributed by atoms with Gasteiger partial charge in [0, 0.05) is 24.6 Å². The number of benzene rings is 2. The number of hydrogen-bond donors (Lipinski definition) is 0. The molecule has 0 saturated carbocycles. The van der Waals surface area contributed by atoms with E-state index in [1.807, 2.05) is 35.2 Å². The van der Waals surface area contributed by atoms with Crippen LogP contribution in [0.3, 0.4) is 0 Å². The molecule has 130 valence electrons. The van der Waals surface area contributed by atoms with E-state index in [0.29, 0.717) is 18.4 Å². The van der Waals surface area contributed by atoms with E-state index in [2.05, 4.69) is 0 Å². The van der Waals surface area contributed by atoms with Gasteiger partial charge in [-0.1, -0.05) is 30.3 Å². The molecule has 4 heteroatoms. The van der Waals surface area contributed by atoms with Crippen molar-refractivity contribution in [1.29, 1.82) is 0 Å². The fraction of sp³-hybridized carbons (Fsp3) is 0.333. The molecule has 1 heterocycles. The Morgan fingerprint density at radius 3 is 2.48 bits per heavy atom. The van der Waals surface area contributed by atoms with Gasteiger partial charge in [0.25, 0.3) is 0 Å². The maximum absolute atomic E-state index is 12.6. The van der Waals surface area contributed by atoms with Crippen molar-refractivity contribution >= 4 is 11.7 Å². The smallest absolute Gasteiger partial charge is 0.227 e. The van der Waals surface area contributed by atoms with Crippen LogP contribution >= 0.6 is 0 Å². The summed E-state index contributed by atoms with van der Waals surface area (Å²) < 4.78 is 5.12. The first-order valence-corrected chi connectivity index (χ1v) is 8.68. The Bertz CT molecular complexity index is 725. The molecule has 0 bridgehead atoms. The predicted molar refractivity (Wildman–Crippen MR) is 96.8 cm³/mol. The number of Topliss-reactive ketones (excluding diaryl/α,β-unsaturated/α-hetero) is 1. The molecule has 4 nitrogen and oxygen atoms in total. The molecule has 0 spiro atoms. The number of nitrogens with zero attached hydrogens (tertiary/aromatic N) is 1. The third-order valence-electron chi connectivity index (χ3n) is 4.73.